The van der Waals surface area contributed by atoms with E-state index in [1.54, 1.807) is 18.6 Å². The van der Waals surface area contributed by atoms with Gasteiger partial charge in [0.2, 0.25) is 0 Å². The number of rotatable bonds is 3. The van der Waals surface area contributed by atoms with Crippen molar-refractivity contribution in [2.24, 2.45) is 0 Å². The summed E-state index contributed by atoms with van der Waals surface area (Å²) in [4.78, 5) is 13.4. The lowest BCUT2D eigenvalue weighted by atomic mass is 10.1. The molecule has 2 heterocycles. The molecule has 0 aliphatic carbocycles. The number of hydrogen-bond donors (Lipinski definition) is 2. The first-order valence-electron chi connectivity index (χ1n) is 6.00. The number of anilines is 2. The topological polar surface area (TPSA) is 65.7 Å². The van der Waals surface area contributed by atoms with Crippen molar-refractivity contribution in [1.29, 1.82) is 0 Å². The van der Waals surface area contributed by atoms with Crippen molar-refractivity contribution in [3.05, 3.63) is 47.9 Å². The molecule has 1 aliphatic heterocycles. The fourth-order valence-corrected chi connectivity index (χ4v) is 2.22. The third-order valence-electron chi connectivity index (χ3n) is 3.28. The number of hydrogen-bond acceptors (Lipinski definition) is 4. The molecule has 5 nitrogen and oxygen atoms in total. The lowest BCUT2D eigenvalue weighted by molar-refractivity contribution is -0.123. The average Bonchev–Trinajstić information content (AvgIpc) is 2.99. The van der Waals surface area contributed by atoms with Gasteiger partial charge in [-0.2, -0.15) is 0 Å². The minimum absolute atomic E-state index is 0.371. The lowest BCUT2D eigenvalue weighted by Gasteiger charge is -2.19. The van der Waals surface area contributed by atoms with Gasteiger partial charge in [-0.05, 0) is 18.2 Å². The number of benzene rings is 1. The number of fused-ring (bicyclic) bond motifs is 1. The zero-order chi connectivity index (χ0) is 13.4. The SMILES string of the molecule is CN(Cc1ccoc1)c1ccc2c(c1)NC(=O)C2O. The van der Waals surface area contributed by atoms with Gasteiger partial charge in [-0.3, -0.25) is 4.79 Å². The van der Waals surface area contributed by atoms with Gasteiger partial charge in [-0.1, -0.05) is 6.07 Å². The second kappa shape index (κ2) is 4.44. The fraction of sp³-hybridized carbons (Fsp3) is 0.214. The van der Waals surface area contributed by atoms with Gasteiger partial charge in [-0.25, -0.2) is 0 Å². The van der Waals surface area contributed by atoms with E-state index in [1.807, 2.05) is 30.1 Å². The van der Waals surface area contributed by atoms with E-state index in [2.05, 4.69) is 5.32 Å². The highest BCUT2D eigenvalue weighted by Crippen LogP contribution is 2.33. The molecule has 98 valence electrons. The van der Waals surface area contributed by atoms with E-state index in [9.17, 15) is 9.90 Å². The molecule has 1 amide bonds. The monoisotopic (exact) mass is 258 g/mol. The lowest BCUT2D eigenvalue weighted by Crippen LogP contribution is -2.15. The molecule has 1 aromatic carbocycles. The summed E-state index contributed by atoms with van der Waals surface area (Å²) < 4.78 is 5.04. The minimum Gasteiger partial charge on any atom is -0.472 e. The normalized spacial score (nSPS) is 17.2. The van der Waals surface area contributed by atoms with Crippen LogP contribution in [0.15, 0.2) is 41.2 Å². The molecule has 0 saturated carbocycles. The number of aliphatic hydroxyl groups excluding tert-OH is 1. The first-order valence-corrected chi connectivity index (χ1v) is 6.00. The second-order valence-electron chi connectivity index (χ2n) is 4.65. The summed E-state index contributed by atoms with van der Waals surface area (Å²) in [5.74, 6) is -0.371. The maximum atomic E-state index is 11.4. The summed E-state index contributed by atoms with van der Waals surface area (Å²) in [7, 11) is 1.96. The molecule has 1 atom stereocenters. The van der Waals surface area contributed by atoms with Gasteiger partial charge < -0.3 is 19.7 Å². The first kappa shape index (κ1) is 11.8. The van der Waals surface area contributed by atoms with E-state index in [-0.39, 0.29) is 5.91 Å². The van der Waals surface area contributed by atoms with Crippen molar-refractivity contribution >= 4 is 17.3 Å². The number of furan rings is 1. The molecule has 0 radical (unpaired) electrons. The summed E-state index contributed by atoms with van der Waals surface area (Å²) in [5, 5.41) is 12.3. The van der Waals surface area contributed by atoms with Crippen LogP contribution in [0, 0.1) is 0 Å². The molecule has 1 aromatic heterocycles. The maximum Gasteiger partial charge on any atom is 0.257 e. The molecular formula is C14H14N2O3. The van der Waals surface area contributed by atoms with Crippen LogP contribution >= 0.6 is 0 Å². The van der Waals surface area contributed by atoms with Gasteiger partial charge in [0.1, 0.15) is 0 Å². The number of nitrogens with one attached hydrogen (secondary N) is 1. The zero-order valence-corrected chi connectivity index (χ0v) is 10.5. The molecule has 0 saturated heterocycles. The number of carbonyl (C=O) groups is 1. The van der Waals surface area contributed by atoms with Crippen LogP contribution in [0.3, 0.4) is 0 Å². The highest BCUT2D eigenvalue weighted by atomic mass is 16.3. The number of nitrogens with zero attached hydrogens (tertiary/aromatic N) is 1. The Labute approximate surface area is 110 Å². The molecule has 2 N–H and O–H groups in total. The van der Waals surface area contributed by atoms with Crippen molar-refractivity contribution in [2.45, 2.75) is 12.6 Å². The third kappa shape index (κ3) is 2.08. The number of amides is 1. The predicted molar refractivity (Wildman–Crippen MR) is 70.8 cm³/mol. The van der Waals surface area contributed by atoms with E-state index < -0.39 is 6.10 Å². The van der Waals surface area contributed by atoms with Gasteiger partial charge in [0.05, 0.1) is 12.5 Å². The van der Waals surface area contributed by atoms with Crippen LogP contribution in [0.25, 0.3) is 0 Å². The Balaban J connectivity index is 1.83. The van der Waals surface area contributed by atoms with Gasteiger partial charge >= 0.3 is 0 Å². The van der Waals surface area contributed by atoms with Crippen molar-refractivity contribution in [1.82, 2.24) is 0 Å². The van der Waals surface area contributed by atoms with Crippen LogP contribution in [0.4, 0.5) is 11.4 Å². The summed E-state index contributed by atoms with van der Waals surface area (Å²) in [5.41, 5.74) is 3.35. The average molecular weight is 258 g/mol. The third-order valence-corrected chi connectivity index (χ3v) is 3.28. The van der Waals surface area contributed by atoms with Crippen LogP contribution < -0.4 is 10.2 Å². The van der Waals surface area contributed by atoms with Crippen LogP contribution in [-0.4, -0.2) is 18.1 Å². The molecule has 5 heteroatoms. The van der Waals surface area contributed by atoms with Crippen molar-refractivity contribution in [3.8, 4) is 0 Å². The van der Waals surface area contributed by atoms with E-state index in [0.717, 1.165) is 11.3 Å². The standard InChI is InChI=1S/C14H14N2O3/c1-16(7-9-4-5-19-8-9)10-2-3-11-12(6-10)15-14(18)13(11)17/h2-6,8,13,17H,7H2,1H3,(H,15,18). The molecule has 0 fully saturated rings. The van der Waals surface area contributed by atoms with E-state index >= 15 is 0 Å². The van der Waals surface area contributed by atoms with Crippen molar-refractivity contribution in [2.75, 3.05) is 17.3 Å². The molecule has 1 unspecified atom stereocenters. The van der Waals surface area contributed by atoms with Gasteiger partial charge in [0.25, 0.3) is 5.91 Å². The number of carbonyl (C=O) groups excluding carboxylic acids is 1. The first-order chi connectivity index (χ1) is 9.15. The summed E-state index contributed by atoms with van der Waals surface area (Å²) in [6.45, 7) is 0.714. The zero-order valence-electron chi connectivity index (χ0n) is 10.5. The van der Waals surface area contributed by atoms with Gasteiger partial charge in [0, 0.05) is 36.1 Å². The Morgan fingerprint density at radius 3 is 3.00 bits per heavy atom. The van der Waals surface area contributed by atoms with Crippen molar-refractivity contribution in [3.63, 3.8) is 0 Å². The van der Waals surface area contributed by atoms with Crippen LogP contribution in [-0.2, 0) is 11.3 Å². The molecule has 1 aliphatic rings. The second-order valence-corrected chi connectivity index (χ2v) is 4.65. The Morgan fingerprint density at radius 1 is 1.42 bits per heavy atom. The maximum absolute atomic E-state index is 11.4. The van der Waals surface area contributed by atoms with E-state index in [1.165, 1.54) is 0 Å². The van der Waals surface area contributed by atoms with Gasteiger partial charge in [-0.15, -0.1) is 0 Å². The predicted octanol–water partition coefficient (Wildman–Crippen LogP) is 1.90. The highest BCUT2D eigenvalue weighted by molar-refractivity contribution is 6.02. The highest BCUT2D eigenvalue weighted by Gasteiger charge is 2.28. The molecule has 2 aromatic rings. The summed E-state index contributed by atoms with van der Waals surface area (Å²) >= 11 is 0. The van der Waals surface area contributed by atoms with Crippen LogP contribution in [0.2, 0.25) is 0 Å². The summed E-state index contributed by atoms with van der Waals surface area (Å²) in [6.07, 6.45) is 2.29. The molecule has 19 heavy (non-hydrogen) atoms. The molecular weight excluding hydrogens is 244 g/mol. The molecule has 0 spiro atoms. The quantitative estimate of drug-likeness (QED) is 0.882. The van der Waals surface area contributed by atoms with Crippen LogP contribution in [0.5, 0.6) is 0 Å². The van der Waals surface area contributed by atoms with E-state index in [0.29, 0.717) is 17.8 Å². The Bertz CT molecular complexity index is 607. The number of aliphatic hydroxyl groups is 1. The molecule has 3 rings (SSSR count). The largest absolute Gasteiger partial charge is 0.472 e. The smallest absolute Gasteiger partial charge is 0.257 e. The Kier molecular flexibility index (Phi) is 2.76. The van der Waals surface area contributed by atoms with Crippen LogP contribution in [0.1, 0.15) is 17.2 Å². The summed E-state index contributed by atoms with van der Waals surface area (Å²) in [6, 6.07) is 7.44. The van der Waals surface area contributed by atoms with E-state index in [4.69, 9.17) is 4.42 Å². The van der Waals surface area contributed by atoms with Crippen molar-refractivity contribution < 1.29 is 14.3 Å². The Hall–Kier alpha value is -2.27. The Morgan fingerprint density at radius 2 is 2.26 bits per heavy atom. The fourth-order valence-electron chi connectivity index (χ4n) is 2.22. The molecule has 0 bridgehead atoms. The minimum atomic E-state index is -1.05. The van der Waals surface area contributed by atoms with Gasteiger partial charge in [0.15, 0.2) is 6.10 Å².